The third-order valence-electron chi connectivity index (χ3n) is 3.25. The highest BCUT2D eigenvalue weighted by molar-refractivity contribution is 5.32. The van der Waals surface area contributed by atoms with Crippen LogP contribution in [0.1, 0.15) is 31.9 Å². The zero-order valence-corrected chi connectivity index (χ0v) is 10.6. The molecule has 2 rings (SSSR count). The van der Waals surface area contributed by atoms with Crippen LogP contribution in [-0.4, -0.2) is 29.8 Å². The first-order chi connectivity index (χ1) is 8.38. The molecule has 2 N–H and O–H groups in total. The van der Waals surface area contributed by atoms with Gasteiger partial charge in [0.1, 0.15) is 5.82 Å². The summed E-state index contributed by atoms with van der Waals surface area (Å²) >= 11 is 0. The first-order valence-electron chi connectivity index (χ1n) is 6.65. The lowest BCUT2D eigenvalue weighted by Crippen LogP contribution is -2.13. The molecule has 1 aromatic heterocycles. The summed E-state index contributed by atoms with van der Waals surface area (Å²) in [5.41, 5.74) is 1.08. The van der Waals surface area contributed by atoms with E-state index in [-0.39, 0.29) is 0 Å². The second kappa shape index (κ2) is 6.55. The van der Waals surface area contributed by atoms with Crippen LogP contribution in [0.3, 0.4) is 0 Å². The molecular weight excluding hydrogens is 212 g/mol. The maximum absolute atomic E-state index is 4.19. The van der Waals surface area contributed by atoms with Crippen molar-refractivity contribution in [2.24, 2.45) is 5.92 Å². The Morgan fingerprint density at radius 3 is 3.00 bits per heavy atom. The van der Waals surface area contributed by atoms with Gasteiger partial charge in [0.15, 0.2) is 0 Å². The lowest BCUT2D eigenvalue weighted by atomic mass is 10.1. The summed E-state index contributed by atoms with van der Waals surface area (Å²) in [6, 6.07) is 4.10. The van der Waals surface area contributed by atoms with Crippen molar-refractivity contribution in [2.75, 3.05) is 25.0 Å². The molecule has 0 bridgehead atoms. The van der Waals surface area contributed by atoms with Gasteiger partial charge in [0, 0.05) is 6.54 Å². The predicted molar refractivity (Wildman–Crippen MR) is 70.1 cm³/mol. The van der Waals surface area contributed by atoms with Crippen LogP contribution in [0.5, 0.6) is 0 Å². The molecule has 1 unspecified atom stereocenters. The van der Waals surface area contributed by atoms with E-state index in [0.29, 0.717) is 0 Å². The van der Waals surface area contributed by atoms with Crippen molar-refractivity contribution >= 4 is 5.82 Å². The van der Waals surface area contributed by atoms with Crippen LogP contribution >= 0.6 is 0 Å². The second-order valence-electron chi connectivity index (χ2n) is 4.73. The van der Waals surface area contributed by atoms with Gasteiger partial charge in [-0.2, -0.15) is 5.10 Å². The Bertz CT molecular complexity index is 317. The van der Waals surface area contributed by atoms with Gasteiger partial charge in [-0.05, 0) is 50.4 Å². The van der Waals surface area contributed by atoms with Gasteiger partial charge in [-0.15, -0.1) is 5.10 Å². The zero-order chi connectivity index (χ0) is 11.9. The Morgan fingerprint density at radius 1 is 1.41 bits per heavy atom. The van der Waals surface area contributed by atoms with Gasteiger partial charge in [-0.1, -0.05) is 13.3 Å². The number of anilines is 1. The van der Waals surface area contributed by atoms with Crippen LogP contribution in [0.2, 0.25) is 0 Å². The average Bonchev–Trinajstić information content (AvgIpc) is 2.85. The van der Waals surface area contributed by atoms with Crippen LogP contribution < -0.4 is 10.6 Å². The van der Waals surface area contributed by atoms with E-state index in [1.54, 1.807) is 0 Å². The van der Waals surface area contributed by atoms with Crippen molar-refractivity contribution < 1.29 is 0 Å². The smallest absolute Gasteiger partial charge is 0.148 e. The van der Waals surface area contributed by atoms with Crippen molar-refractivity contribution in [1.29, 1.82) is 0 Å². The third-order valence-corrected chi connectivity index (χ3v) is 3.25. The molecule has 0 amide bonds. The minimum atomic E-state index is 0.829. The number of nitrogens with one attached hydrogen (secondary N) is 2. The highest BCUT2D eigenvalue weighted by Gasteiger charge is 2.13. The maximum atomic E-state index is 4.19. The molecule has 0 saturated carbocycles. The van der Waals surface area contributed by atoms with Gasteiger partial charge in [-0.3, -0.25) is 0 Å². The summed E-state index contributed by atoms with van der Waals surface area (Å²) in [5.74, 6) is 1.73. The zero-order valence-electron chi connectivity index (χ0n) is 10.6. The number of nitrogens with zero attached hydrogens (tertiary/aromatic N) is 2. The molecule has 0 aliphatic carbocycles. The lowest BCUT2D eigenvalue weighted by molar-refractivity contribution is 0.548. The monoisotopic (exact) mass is 234 g/mol. The van der Waals surface area contributed by atoms with Crippen LogP contribution in [-0.2, 0) is 6.42 Å². The molecule has 2 heterocycles. The topological polar surface area (TPSA) is 49.8 Å². The van der Waals surface area contributed by atoms with Crippen molar-refractivity contribution in [3.8, 4) is 0 Å². The van der Waals surface area contributed by atoms with E-state index < -0.39 is 0 Å². The Balaban J connectivity index is 1.70. The maximum Gasteiger partial charge on any atom is 0.148 e. The fourth-order valence-corrected chi connectivity index (χ4v) is 2.21. The Kier molecular flexibility index (Phi) is 4.74. The molecule has 0 radical (unpaired) electrons. The molecule has 1 atom stereocenters. The molecule has 0 aromatic carbocycles. The normalized spacial score (nSPS) is 19.5. The van der Waals surface area contributed by atoms with E-state index in [4.69, 9.17) is 0 Å². The Hall–Kier alpha value is -1.16. The number of rotatable bonds is 6. The Labute approximate surface area is 103 Å². The van der Waals surface area contributed by atoms with E-state index in [1.807, 2.05) is 6.07 Å². The molecule has 94 valence electrons. The molecule has 4 heteroatoms. The minimum Gasteiger partial charge on any atom is -0.369 e. The first kappa shape index (κ1) is 12.3. The van der Waals surface area contributed by atoms with E-state index >= 15 is 0 Å². The fourth-order valence-electron chi connectivity index (χ4n) is 2.21. The van der Waals surface area contributed by atoms with E-state index in [0.717, 1.165) is 36.8 Å². The largest absolute Gasteiger partial charge is 0.369 e. The van der Waals surface area contributed by atoms with Crippen molar-refractivity contribution in [3.05, 3.63) is 17.8 Å². The van der Waals surface area contributed by atoms with Crippen molar-refractivity contribution in [1.82, 2.24) is 15.5 Å². The molecule has 1 saturated heterocycles. The summed E-state index contributed by atoms with van der Waals surface area (Å²) in [7, 11) is 0. The van der Waals surface area contributed by atoms with Gasteiger partial charge in [0.25, 0.3) is 0 Å². The van der Waals surface area contributed by atoms with Gasteiger partial charge in [0.2, 0.25) is 0 Å². The summed E-state index contributed by atoms with van der Waals surface area (Å²) in [6.45, 7) is 5.50. The fraction of sp³-hybridized carbons (Fsp3) is 0.692. The Morgan fingerprint density at radius 2 is 2.35 bits per heavy atom. The van der Waals surface area contributed by atoms with Gasteiger partial charge < -0.3 is 10.6 Å². The quantitative estimate of drug-likeness (QED) is 0.788. The highest BCUT2D eigenvalue weighted by atomic mass is 15.2. The van der Waals surface area contributed by atoms with Crippen LogP contribution in [0, 0.1) is 5.92 Å². The average molecular weight is 234 g/mol. The molecule has 0 spiro atoms. The SMILES string of the molecule is CCCc1ccc(NCCC2CCNC2)nn1. The van der Waals surface area contributed by atoms with Crippen LogP contribution in [0.15, 0.2) is 12.1 Å². The molecule has 4 nitrogen and oxygen atoms in total. The summed E-state index contributed by atoms with van der Waals surface area (Å²) in [6.07, 6.45) is 4.66. The number of hydrogen-bond donors (Lipinski definition) is 2. The summed E-state index contributed by atoms with van der Waals surface area (Å²) in [4.78, 5) is 0. The molecule has 1 aromatic rings. The molecule has 1 aliphatic heterocycles. The number of hydrogen-bond acceptors (Lipinski definition) is 4. The van der Waals surface area contributed by atoms with E-state index in [2.05, 4.69) is 33.8 Å². The van der Waals surface area contributed by atoms with Crippen molar-refractivity contribution in [2.45, 2.75) is 32.6 Å². The molecule has 1 fully saturated rings. The standard InChI is InChI=1S/C13H22N4/c1-2-3-12-4-5-13(17-16-12)15-9-7-11-6-8-14-10-11/h4-5,11,14H,2-3,6-10H2,1H3,(H,15,17). The van der Waals surface area contributed by atoms with Crippen molar-refractivity contribution in [3.63, 3.8) is 0 Å². The summed E-state index contributed by atoms with van der Waals surface area (Å²) in [5, 5.41) is 15.1. The number of aromatic nitrogens is 2. The van der Waals surface area contributed by atoms with Crippen LogP contribution in [0.4, 0.5) is 5.82 Å². The van der Waals surface area contributed by atoms with Gasteiger partial charge in [0.05, 0.1) is 5.69 Å². The number of aryl methyl sites for hydroxylation is 1. The molecule has 17 heavy (non-hydrogen) atoms. The first-order valence-corrected chi connectivity index (χ1v) is 6.65. The van der Waals surface area contributed by atoms with Gasteiger partial charge in [-0.25, -0.2) is 0 Å². The lowest BCUT2D eigenvalue weighted by Gasteiger charge is -2.09. The third kappa shape index (κ3) is 3.97. The van der Waals surface area contributed by atoms with Crippen LogP contribution in [0.25, 0.3) is 0 Å². The van der Waals surface area contributed by atoms with E-state index in [9.17, 15) is 0 Å². The second-order valence-corrected chi connectivity index (χ2v) is 4.73. The highest BCUT2D eigenvalue weighted by Crippen LogP contribution is 2.12. The van der Waals surface area contributed by atoms with Gasteiger partial charge >= 0.3 is 0 Å². The molecular formula is C13H22N4. The van der Waals surface area contributed by atoms with E-state index in [1.165, 1.54) is 25.9 Å². The summed E-state index contributed by atoms with van der Waals surface area (Å²) < 4.78 is 0. The predicted octanol–water partition coefficient (Wildman–Crippen LogP) is 1.84. The minimum absolute atomic E-state index is 0.829. The molecule has 1 aliphatic rings.